The molecule has 0 aliphatic heterocycles. The number of carbonyl (C=O) groups is 2. The highest BCUT2D eigenvalue weighted by molar-refractivity contribution is 5.87. The van der Waals surface area contributed by atoms with E-state index >= 15 is 0 Å². The molecule has 0 saturated heterocycles. The quantitative estimate of drug-likeness (QED) is 0.569. The van der Waals surface area contributed by atoms with E-state index < -0.39 is 6.04 Å². The number of nitrogens with one attached hydrogen (secondary N) is 2. The van der Waals surface area contributed by atoms with Crippen molar-refractivity contribution in [3.8, 4) is 11.1 Å². The monoisotopic (exact) mass is 430 g/mol. The molecule has 1 aliphatic carbocycles. The largest absolute Gasteiger partial charge is 0.350 e. The molecule has 0 bridgehead atoms. The van der Waals surface area contributed by atoms with Gasteiger partial charge in [-0.3, -0.25) is 14.3 Å². The van der Waals surface area contributed by atoms with Crippen molar-refractivity contribution >= 4 is 11.8 Å². The maximum atomic E-state index is 12.9. The minimum absolute atomic E-state index is 0.100. The smallest absolute Gasteiger partial charge is 0.243 e. The van der Waals surface area contributed by atoms with Crippen LogP contribution in [-0.2, 0) is 22.7 Å². The van der Waals surface area contributed by atoms with Gasteiger partial charge in [-0.05, 0) is 47.1 Å². The van der Waals surface area contributed by atoms with Crippen LogP contribution in [0.15, 0.2) is 67.0 Å². The summed E-state index contributed by atoms with van der Waals surface area (Å²) in [5.41, 5.74) is 4.43. The van der Waals surface area contributed by atoms with Crippen LogP contribution < -0.4 is 10.6 Å². The van der Waals surface area contributed by atoms with Crippen molar-refractivity contribution in [2.45, 2.75) is 51.7 Å². The van der Waals surface area contributed by atoms with Gasteiger partial charge >= 0.3 is 0 Å². The summed E-state index contributed by atoms with van der Waals surface area (Å²) in [6.45, 7) is 2.63. The molecule has 3 aromatic rings. The second-order valence-electron chi connectivity index (χ2n) is 8.50. The van der Waals surface area contributed by atoms with Gasteiger partial charge in [-0.1, -0.05) is 61.4 Å². The Kier molecular flexibility index (Phi) is 7.00. The zero-order valence-corrected chi connectivity index (χ0v) is 18.5. The first-order chi connectivity index (χ1) is 15.6. The van der Waals surface area contributed by atoms with Crippen molar-refractivity contribution in [3.63, 3.8) is 0 Å². The lowest BCUT2D eigenvalue weighted by molar-refractivity contribution is -0.129. The van der Waals surface area contributed by atoms with Crippen LogP contribution in [0.1, 0.15) is 43.7 Å². The molecule has 1 atom stereocenters. The fourth-order valence-electron chi connectivity index (χ4n) is 4.53. The van der Waals surface area contributed by atoms with Gasteiger partial charge in [0.05, 0.1) is 6.54 Å². The van der Waals surface area contributed by atoms with Gasteiger partial charge in [0.1, 0.15) is 6.04 Å². The standard InChI is InChI=1S/C26H30N4O2/c1-19(31)29-25(22-7-2-3-8-22)26(32)27-17-23-9-4-5-10-24(23)21-13-11-20(12-14-21)18-30-16-6-15-28-30/h4-6,9-16,22,25H,2-3,7-8,17-18H2,1H3,(H,27,32)(H,29,31). The Bertz CT molecular complexity index is 1040. The van der Waals surface area contributed by atoms with E-state index in [-0.39, 0.29) is 17.7 Å². The van der Waals surface area contributed by atoms with E-state index in [9.17, 15) is 9.59 Å². The number of hydrogen-bond acceptors (Lipinski definition) is 3. The lowest BCUT2D eigenvalue weighted by Gasteiger charge is -2.23. The van der Waals surface area contributed by atoms with Crippen LogP contribution in [0.25, 0.3) is 11.1 Å². The summed E-state index contributed by atoms with van der Waals surface area (Å²) in [6.07, 6.45) is 7.94. The van der Waals surface area contributed by atoms with Crippen molar-refractivity contribution < 1.29 is 9.59 Å². The van der Waals surface area contributed by atoms with Crippen LogP contribution in [0, 0.1) is 5.92 Å². The third-order valence-corrected chi connectivity index (χ3v) is 6.15. The van der Waals surface area contributed by atoms with Gasteiger partial charge in [0, 0.05) is 25.9 Å². The average molecular weight is 431 g/mol. The number of benzene rings is 2. The first kappa shape index (κ1) is 21.8. The number of nitrogens with zero attached hydrogens (tertiary/aromatic N) is 2. The number of carbonyl (C=O) groups excluding carboxylic acids is 2. The van der Waals surface area contributed by atoms with Gasteiger partial charge in [0.15, 0.2) is 0 Å². The molecule has 2 aromatic carbocycles. The van der Waals surface area contributed by atoms with Crippen LogP contribution in [0.4, 0.5) is 0 Å². The van der Waals surface area contributed by atoms with E-state index in [2.05, 4.69) is 46.1 Å². The van der Waals surface area contributed by atoms with E-state index in [0.717, 1.165) is 48.9 Å². The molecule has 1 heterocycles. The molecule has 2 N–H and O–H groups in total. The molecule has 1 unspecified atom stereocenters. The van der Waals surface area contributed by atoms with Crippen molar-refractivity contribution in [2.24, 2.45) is 5.92 Å². The fraction of sp³-hybridized carbons (Fsp3) is 0.346. The molecule has 2 amide bonds. The summed E-state index contributed by atoms with van der Waals surface area (Å²) in [5, 5.41) is 10.2. The van der Waals surface area contributed by atoms with Gasteiger partial charge in [-0.2, -0.15) is 5.10 Å². The van der Waals surface area contributed by atoms with Crippen LogP contribution in [0.3, 0.4) is 0 Å². The summed E-state index contributed by atoms with van der Waals surface area (Å²) < 4.78 is 1.90. The lowest BCUT2D eigenvalue weighted by atomic mass is 9.96. The third-order valence-electron chi connectivity index (χ3n) is 6.15. The molecule has 1 aliphatic rings. The molecule has 32 heavy (non-hydrogen) atoms. The minimum atomic E-state index is -0.455. The molecule has 0 spiro atoms. The van der Waals surface area contributed by atoms with Crippen molar-refractivity contribution in [3.05, 3.63) is 78.1 Å². The summed E-state index contributed by atoms with van der Waals surface area (Å²) in [6, 6.07) is 18.0. The fourth-order valence-corrected chi connectivity index (χ4v) is 4.53. The Labute approximate surface area is 189 Å². The highest BCUT2D eigenvalue weighted by Gasteiger charge is 2.31. The molecule has 0 radical (unpaired) electrons. The first-order valence-electron chi connectivity index (χ1n) is 11.3. The van der Waals surface area contributed by atoms with Gasteiger partial charge < -0.3 is 10.6 Å². The van der Waals surface area contributed by atoms with E-state index in [0.29, 0.717) is 6.54 Å². The molecule has 6 heteroatoms. The van der Waals surface area contributed by atoms with Gasteiger partial charge in [-0.15, -0.1) is 0 Å². The third kappa shape index (κ3) is 5.44. The van der Waals surface area contributed by atoms with E-state index in [1.807, 2.05) is 35.1 Å². The van der Waals surface area contributed by atoms with E-state index in [4.69, 9.17) is 0 Å². The van der Waals surface area contributed by atoms with E-state index in [1.165, 1.54) is 12.5 Å². The Morgan fingerprint density at radius 1 is 1.06 bits per heavy atom. The number of hydrogen-bond donors (Lipinski definition) is 2. The lowest BCUT2D eigenvalue weighted by Crippen LogP contribution is -2.49. The number of rotatable bonds is 8. The van der Waals surface area contributed by atoms with Gasteiger partial charge in [0.25, 0.3) is 0 Å². The average Bonchev–Trinajstić information content (AvgIpc) is 3.51. The summed E-state index contributed by atoms with van der Waals surface area (Å²) in [7, 11) is 0. The SMILES string of the molecule is CC(=O)NC(C(=O)NCc1ccccc1-c1ccc(Cn2cccn2)cc1)C1CCCC1. The Morgan fingerprint density at radius 2 is 1.81 bits per heavy atom. The summed E-state index contributed by atoms with van der Waals surface area (Å²) in [5.74, 6) is -0.0411. The predicted molar refractivity (Wildman–Crippen MR) is 125 cm³/mol. The van der Waals surface area contributed by atoms with Crippen molar-refractivity contribution in [1.82, 2.24) is 20.4 Å². The van der Waals surface area contributed by atoms with E-state index in [1.54, 1.807) is 6.20 Å². The molecule has 1 fully saturated rings. The molecule has 6 nitrogen and oxygen atoms in total. The maximum absolute atomic E-state index is 12.9. The zero-order valence-electron chi connectivity index (χ0n) is 18.5. The van der Waals surface area contributed by atoms with Gasteiger partial charge in [0.2, 0.25) is 11.8 Å². The molecule has 1 aromatic heterocycles. The molecular formula is C26H30N4O2. The molecular weight excluding hydrogens is 400 g/mol. The first-order valence-corrected chi connectivity index (χ1v) is 11.3. The van der Waals surface area contributed by atoms with Crippen LogP contribution in [-0.4, -0.2) is 27.6 Å². The Balaban J connectivity index is 1.45. The molecule has 1 saturated carbocycles. The molecule has 166 valence electrons. The Morgan fingerprint density at radius 3 is 2.50 bits per heavy atom. The zero-order chi connectivity index (χ0) is 22.3. The topological polar surface area (TPSA) is 76.0 Å². The highest BCUT2D eigenvalue weighted by atomic mass is 16.2. The highest BCUT2D eigenvalue weighted by Crippen LogP contribution is 2.28. The Hall–Kier alpha value is -3.41. The van der Waals surface area contributed by atoms with Crippen molar-refractivity contribution in [1.29, 1.82) is 0 Å². The second kappa shape index (κ2) is 10.3. The van der Waals surface area contributed by atoms with Crippen LogP contribution >= 0.6 is 0 Å². The van der Waals surface area contributed by atoms with Crippen LogP contribution in [0.5, 0.6) is 0 Å². The number of amides is 2. The van der Waals surface area contributed by atoms with Gasteiger partial charge in [-0.25, -0.2) is 0 Å². The normalized spacial score (nSPS) is 14.8. The minimum Gasteiger partial charge on any atom is -0.350 e. The second-order valence-corrected chi connectivity index (χ2v) is 8.50. The molecule has 4 rings (SSSR count). The maximum Gasteiger partial charge on any atom is 0.243 e. The summed E-state index contributed by atoms with van der Waals surface area (Å²) in [4.78, 5) is 24.6. The van der Waals surface area contributed by atoms with Crippen LogP contribution in [0.2, 0.25) is 0 Å². The number of aromatic nitrogens is 2. The summed E-state index contributed by atoms with van der Waals surface area (Å²) >= 11 is 0. The predicted octanol–water partition coefficient (Wildman–Crippen LogP) is 3.91. The van der Waals surface area contributed by atoms with Crippen molar-refractivity contribution in [2.75, 3.05) is 0 Å².